The first-order valence-electron chi connectivity index (χ1n) is 7.05. The SMILES string of the molecule is Cc1cccc2sc3ccc(Nc4ccccc4)cc3c12. The molecule has 4 rings (SSSR count). The molecule has 0 radical (unpaired) electrons. The molecule has 0 unspecified atom stereocenters. The van der Waals surface area contributed by atoms with Crippen molar-refractivity contribution in [2.24, 2.45) is 0 Å². The zero-order valence-corrected chi connectivity index (χ0v) is 12.6. The first-order valence-corrected chi connectivity index (χ1v) is 7.87. The van der Waals surface area contributed by atoms with Crippen LogP contribution in [0.25, 0.3) is 20.2 Å². The van der Waals surface area contributed by atoms with Gasteiger partial charge < -0.3 is 5.32 Å². The predicted octanol–water partition coefficient (Wildman–Crippen LogP) is 6.11. The highest BCUT2D eigenvalue weighted by molar-refractivity contribution is 7.25. The third kappa shape index (κ3) is 2.18. The lowest BCUT2D eigenvalue weighted by Gasteiger charge is -2.06. The summed E-state index contributed by atoms with van der Waals surface area (Å²) in [6.07, 6.45) is 0. The fraction of sp³-hybridized carbons (Fsp3) is 0.0526. The smallest absolute Gasteiger partial charge is 0.0391 e. The fourth-order valence-electron chi connectivity index (χ4n) is 2.77. The van der Waals surface area contributed by atoms with Crippen LogP contribution < -0.4 is 5.32 Å². The molecule has 0 aliphatic carbocycles. The Labute approximate surface area is 127 Å². The molecule has 2 heteroatoms. The lowest BCUT2D eigenvalue weighted by molar-refractivity contribution is 1.55. The predicted molar refractivity (Wildman–Crippen MR) is 93.8 cm³/mol. The van der Waals surface area contributed by atoms with E-state index in [4.69, 9.17) is 0 Å². The molecule has 21 heavy (non-hydrogen) atoms. The first kappa shape index (κ1) is 12.4. The largest absolute Gasteiger partial charge is 0.356 e. The summed E-state index contributed by atoms with van der Waals surface area (Å²) in [5.41, 5.74) is 3.60. The summed E-state index contributed by atoms with van der Waals surface area (Å²) in [6.45, 7) is 2.19. The van der Waals surface area contributed by atoms with Gasteiger partial charge in [0, 0.05) is 31.5 Å². The number of fused-ring (bicyclic) bond motifs is 3. The molecular weight excluding hydrogens is 274 g/mol. The van der Waals surface area contributed by atoms with E-state index in [1.165, 1.54) is 25.7 Å². The van der Waals surface area contributed by atoms with E-state index >= 15 is 0 Å². The second-order valence-electron chi connectivity index (χ2n) is 5.25. The molecule has 3 aromatic carbocycles. The van der Waals surface area contributed by atoms with Gasteiger partial charge in [0.1, 0.15) is 0 Å². The summed E-state index contributed by atoms with van der Waals surface area (Å²) >= 11 is 1.86. The standard InChI is InChI=1S/C19H15NS/c1-13-6-5-9-18-19(13)16-12-15(10-11-17(16)21-18)20-14-7-3-2-4-8-14/h2-12,20H,1H3. The van der Waals surface area contributed by atoms with Crippen molar-refractivity contribution in [3.63, 3.8) is 0 Å². The molecular formula is C19H15NS. The molecule has 1 aromatic heterocycles. The van der Waals surface area contributed by atoms with Gasteiger partial charge >= 0.3 is 0 Å². The minimum atomic E-state index is 1.12. The van der Waals surface area contributed by atoms with Crippen molar-refractivity contribution in [3.8, 4) is 0 Å². The maximum absolute atomic E-state index is 3.47. The number of thiophene rings is 1. The third-order valence-corrected chi connectivity index (χ3v) is 4.90. The van der Waals surface area contributed by atoms with Crippen molar-refractivity contribution in [1.29, 1.82) is 0 Å². The van der Waals surface area contributed by atoms with Crippen LogP contribution in [-0.4, -0.2) is 0 Å². The Kier molecular flexibility index (Phi) is 2.90. The number of nitrogens with one attached hydrogen (secondary N) is 1. The average Bonchev–Trinajstić information content (AvgIpc) is 2.87. The topological polar surface area (TPSA) is 12.0 Å². The van der Waals surface area contributed by atoms with Gasteiger partial charge in [-0.05, 0) is 48.9 Å². The van der Waals surface area contributed by atoms with Gasteiger partial charge in [-0.1, -0.05) is 30.3 Å². The van der Waals surface area contributed by atoms with E-state index in [1.807, 2.05) is 29.5 Å². The fourth-order valence-corrected chi connectivity index (χ4v) is 3.93. The molecule has 0 aliphatic rings. The molecule has 1 N–H and O–H groups in total. The summed E-state index contributed by atoms with van der Waals surface area (Å²) in [7, 11) is 0. The van der Waals surface area contributed by atoms with Crippen molar-refractivity contribution >= 4 is 42.9 Å². The second-order valence-corrected chi connectivity index (χ2v) is 6.34. The molecule has 1 heterocycles. The number of para-hydroxylation sites is 1. The summed E-state index contributed by atoms with van der Waals surface area (Å²) in [5.74, 6) is 0. The van der Waals surface area contributed by atoms with Crippen LogP contribution in [0.2, 0.25) is 0 Å². The van der Waals surface area contributed by atoms with Crippen LogP contribution in [0.4, 0.5) is 11.4 Å². The van der Waals surface area contributed by atoms with E-state index in [0.29, 0.717) is 0 Å². The van der Waals surface area contributed by atoms with E-state index in [9.17, 15) is 0 Å². The van der Waals surface area contributed by atoms with Gasteiger partial charge in [0.15, 0.2) is 0 Å². The minimum absolute atomic E-state index is 1.12. The number of aryl methyl sites for hydroxylation is 1. The maximum atomic E-state index is 3.47. The van der Waals surface area contributed by atoms with Gasteiger partial charge in [-0.15, -0.1) is 11.3 Å². The third-order valence-electron chi connectivity index (χ3n) is 3.77. The molecule has 0 bridgehead atoms. The molecule has 0 spiro atoms. The van der Waals surface area contributed by atoms with Gasteiger partial charge in [-0.2, -0.15) is 0 Å². The monoisotopic (exact) mass is 289 g/mol. The normalized spacial score (nSPS) is 11.1. The summed E-state index contributed by atoms with van der Waals surface area (Å²) in [4.78, 5) is 0. The van der Waals surface area contributed by atoms with Gasteiger partial charge in [0.2, 0.25) is 0 Å². The van der Waals surface area contributed by atoms with Crippen LogP contribution in [-0.2, 0) is 0 Å². The first-order chi connectivity index (χ1) is 10.3. The molecule has 0 saturated heterocycles. The van der Waals surface area contributed by atoms with Gasteiger partial charge in [-0.25, -0.2) is 0 Å². The van der Waals surface area contributed by atoms with Gasteiger partial charge in [0.05, 0.1) is 0 Å². The van der Waals surface area contributed by atoms with Crippen LogP contribution in [0.1, 0.15) is 5.56 Å². The molecule has 0 amide bonds. The van der Waals surface area contributed by atoms with Gasteiger partial charge in [0.25, 0.3) is 0 Å². The molecule has 4 aromatic rings. The zero-order valence-electron chi connectivity index (χ0n) is 11.8. The molecule has 0 aliphatic heterocycles. The van der Waals surface area contributed by atoms with Crippen LogP contribution in [0, 0.1) is 6.92 Å². The summed E-state index contributed by atoms with van der Waals surface area (Å²) < 4.78 is 2.71. The van der Waals surface area contributed by atoms with E-state index in [1.54, 1.807) is 0 Å². The second kappa shape index (κ2) is 4.90. The lowest BCUT2D eigenvalue weighted by atomic mass is 10.1. The summed E-state index contributed by atoms with van der Waals surface area (Å²) in [5, 5.41) is 6.20. The number of rotatable bonds is 2. The van der Waals surface area contributed by atoms with Crippen LogP contribution in [0.3, 0.4) is 0 Å². The Balaban J connectivity index is 1.87. The number of anilines is 2. The lowest BCUT2D eigenvalue weighted by Crippen LogP contribution is -1.88. The highest BCUT2D eigenvalue weighted by atomic mass is 32.1. The van der Waals surface area contributed by atoms with E-state index in [0.717, 1.165) is 11.4 Å². The molecule has 102 valence electrons. The Hall–Kier alpha value is -2.32. The van der Waals surface area contributed by atoms with E-state index in [2.05, 4.69) is 60.8 Å². The minimum Gasteiger partial charge on any atom is -0.356 e. The van der Waals surface area contributed by atoms with E-state index < -0.39 is 0 Å². The van der Waals surface area contributed by atoms with Crippen molar-refractivity contribution in [2.75, 3.05) is 5.32 Å². The Morgan fingerprint density at radius 1 is 0.762 bits per heavy atom. The zero-order chi connectivity index (χ0) is 14.2. The van der Waals surface area contributed by atoms with Gasteiger partial charge in [-0.3, -0.25) is 0 Å². The Morgan fingerprint density at radius 2 is 1.62 bits per heavy atom. The molecule has 0 saturated carbocycles. The van der Waals surface area contributed by atoms with Crippen LogP contribution in [0.15, 0.2) is 66.7 Å². The summed E-state index contributed by atoms with van der Waals surface area (Å²) in [6, 6.07) is 23.4. The van der Waals surface area contributed by atoms with Crippen molar-refractivity contribution in [2.45, 2.75) is 6.92 Å². The number of hydrogen-bond acceptors (Lipinski definition) is 2. The highest BCUT2D eigenvalue weighted by Gasteiger charge is 2.07. The van der Waals surface area contributed by atoms with E-state index in [-0.39, 0.29) is 0 Å². The Bertz CT molecular complexity index is 922. The van der Waals surface area contributed by atoms with Crippen molar-refractivity contribution in [1.82, 2.24) is 0 Å². The quantitative estimate of drug-likeness (QED) is 0.469. The average molecular weight is 289 g/mol. The van der Waals surface area contributed by atoms with Crippen molar-refractivity contribution < 1.29 is 0 Å². The highest BCUT2D eigenvalue weighted by Crippen LogP contribution is 2.37. The molecule has 0 atom stereocenters. The molecule has 1 nitrogen and oxygen atoms in total. The van der Waals surface area contributed by atoms with Crippen molar-refractivity contribution in [3.05, 3.63) is 72.3 Å². The maximum Gasteiger partial charge on any atom is 0.0391 e. The molecule has 0 fully saturated rings. The van der Waals surface area contributed by atoms with Crippen LogP contribution >= 0.6 is 11.3 Å². The van der Waals surface area contributed by atoms with Crippen LogP contribution in [0.5, 0.6) is 0 Å². The number of benzene rings is 3. The Morgan fingerprint density at radius 3 is 2.48 bits per heavy atom. The number of hydrogen-bond donors (Lipinski definition) is 1.